The summed E-state index contributed by atoms with van der Waals surface area (Å²) in [4.78, 5) is 23.1. The third-order valence-corrected chi connectivity index (χ3v) is 4.07. The van der Waals surface area contributed by atoms with Crippen molar-refractivity contribution in [2.24, 2.45) is 0 Å². The van der Waals surface area contributed by atoms with E-state index in [9.17, 15) is 9.59 Å². The van der Waals surface area contributed by atoms with E-state index in [2.05, 4.69) is 11.8 Å². The Morgan fingerprint density at radius 1 is 1.15 bits per heavy atom. The highest BCUT2D eigenvalue weighted by Gasteiger charge is 2.58. The first-order valence-corrected chi connectivity index (χ1v) is 8.53. The van der Waals surface area contributed by atoms with E-state index in [0.29, 0.717) is 6.42 Å². The maximum atomic E-state index is 11.6. The quantitative estimate of drug-likeness (QED) is 0.574. The van der Waals surface area contributed by atoms with Gasteiger partial charge in [-0.05, 0) is 18.9 Å². The van der Waals surface area contributed by atoms with Crippen molar-refractivity contribution in [1.82, 2.24) is 0 Å². The highest BCUT2D eigenvalue weighted by atomic mass is 16.7. The van der Waals surface area contributed by atoms with Crippen molar-refractivity contribution in [2.75, 3.05) is 0 Å². The molecule has 6 nitrogen and oxygen atoms in total. The van der Waals surface area contributed by atoms with Gasteiger partial charge in [0, 0.05) is 13.8 Å². The van der Waals surface area contributed by atoms with Gasteiger partial charge in [-0.1, -0.05) is 43.2 Å². The van der Waals surface area contributed by atoms with E-state index in [1.54, 1.807) is 6.92 Å². The Hall–Kier alpha value is -2.36. The summed E-state index contributed by atoms with van der Waals surface area (Å²) in [6, 6.07) is 9.60. The number of ether oxygens (including phenoxy) is 4. The third kappa shape index (κ3) is 4.63. The summed E-state index contributed by atoms with van der Waals surface area (Å²) in [6.07, 6.45) is -2.20. The average molecular weight is 360 g/mol. The van der Waals surface area contributed by atoms with Gasteiger partial charge in [0.15, 0.2) is 11.7 Å². The first-order valence-electron chi connectivity index (χ1n) is 8.53. The summed E-state index contributed by atoms with van der Waals surface area (Å²) in [6.45, 7) is 6.42. The molecule has 1 aromatic carbocycles. The van der Waals surface area contributed by atoms with Crippen LogP contribution in [-0.4, -0.2) is 36.0 Å². The highest BCUT2D eigenvalue weighted by molar-refractivity contribution is 5.67. The van der Waals surface area contributed by atoms with Gasteiger partial charge in [-0.15, -0.1) is 5.92 Å². The van der Waals surface area contributed by atoms with Gasteiger partial charge < -0.3 is 18.9 Å². The van der Waals surface area contributed by atoms with E-state index >= 15 is 0 Å². The molecule has 1 aliphatic rings. The van der Waals surface area contributed by atoms with Crippen LogP contribution in [-0.2, 0) is 35.1 Å². The van der Waals surface area contributed by atoms with Crippen molar-refractivity contribution < 1.29 is 28.5 Å². The Morgan fingerprint density at radius 2 is 1.81 bits per heavy atom. The number of rotatable bonds is 6. The van der Waals surface area contributed by atoms with Crippen LogP contribution in [0.3, 0.4) is 0 Å². The van der Waals surface area contributed by atoms with Crippen molar-refractivity contribution >= 4 is 11.9 Å². The SMILES string of the molecule is CC#C[C@]1(CC)OC(OC(C)=O)C(OC(C)=O)[C@H]1OCc1ccccc1. The molecule has 0 radical (unpaired) electrons. The molecular weight excluding hydrogens is 336 g/mol. The minimum absolute atomic E-state index is 0.284. The summed E-state index contributed by atoms with van der Waals surface area (Å²) in [5.74, 6) is 4.81. The number of benzene rings is 1. The van der Waals surface area contributed by atoms with E-state index in [-0.39, 0.29) is 6.61 Å². The lowest BCUT2D eigenvalue weighted by Crippen LogP contribution is -2.45. The molecule has 0 saturated carbocycles. The molecule has 140 valence electrons. The van der Waals surface area contributed by atoms with Gasteiger partial charge in [0.05, 0.1) is 6.61 Å². The van der Waals surface area contributed by atoms with Gasteiger partial charge in [-0.2, -0.15) is 0 Å². The zero-order valence-electron chi connectivity index (χ0n) is 15.5. The molecule has 0 aliphatic carbocycles. The molecule has 0 N–H and O–H groups in total. The molecule has 6 heteroatoms. The van der Waals surface area contributed by atoms with E-state index in [0.717, 1.165) is 5.56 Å². The fourth-order valence-corrected chi connectivity index (χ4v) is 2.99. The Morgan fingerprint density at radius 3 is 2.35 bits per heavy atom. The average Bonchev–Trinajstić information content (AvgIpc) is 2.86. The predicted octanol–water partition coefficient (Wildman–Crippen LogP) is 2.60. The Balaban J connectivity index is 2.33. The number of carbonyl (C=O) groups is 2. The zero-order chi connectivity index (χ0) is 19.2. The lowest BCUT2D eigenvalue weighted by molar-refractivity contribution is -0.199. The highest BCUT2D eigenvalue weighted by Crippen LogP contribution is 2.38. The Kier molecular flexibility index (Phi) is 6.78. The van der Waals surface area contributed by atoms with Gasteiger partial charge in [0.25, 0.3) is 0 Å². The van der Waals surface area contributed by atoms with Gasteiger partial charge in [0.2, 0.25) is 6.29 Å². The van der Waals surface area contributed by atoms with Crippen LogP contribution in [0.25, 0.3) is 0 Å². The van der Waals surface area contributed by atoms with Gasteiger partial charge in [0.1, 0.15) is 6.10 Å². The van der Waals surface area contributed by atoms with Crippen molar-refractivity contribution in [3.63, 3.8) is 0 Å². The minimum atomic E-state index is -1.07. The normalized spacial score (nSPS) is 27.3. The van der Waals surface area contributed by atoms with E-state index in [4.69, 9.17) is 18.9 Å². The molecule has 4 atom stereocenters. The summed E-state index contributed by atoms with van der Waals surface area (Å²) in [5, 5.41) is 0. The van der Waals surface area contributed by atoms with Crippen LogP contribution in [0, 0.1) is 11.8 Å². The summed E-state index contributed by atoms with van der Waals surface area (Å²) < 4.78 is 22.6. The monoisotopic (exact) mass is 360 g/mol. The molecule has 1 heterocycles. The van der Waals surface area contributed by atoms with Crippen LogP contribution < -0.4 is 0 Å². The molecule has 1 fully saturated rings. The standard InChI is InChI=1S/C20H24O6/c1-5-12-20(6-2)18(23-13-16-10-8-7-9-11-16)17(24-14(3)21)19(26-20)25-15(4)22/h7-11,17-19H,6,13H2,1-4H3/t17?,18-,19?,20+/m1/s1. The first-order chi connectivity index (χ1) is 12.4. The molecule has 0 spiro atoms. The van der Waals surface area contributed by atoms with Crippen molar-refractivity contribution in [2.45, 2.75) is 64.8 Å². The second kappa shape index (κ2) is 8.84. The number of hydrogen-bond donors (Lipinski definition) is 0. The molecule has 0 amide bonds. The lowest BCUT2D eigenvalue weighted by Gasteiger charge is -2.29. The summed E-state index contributed by atoms with van der Waals surface area (Å²) in [5.41, 5.74) is -0.0801. The second-order valence-corrected chi connectivity index (χ2v) is 6.00. The smallest absolute Gasteiger partial charge is 0.305 e. The number of carbonyl (C=O) groups excluding carboxylic acids is 2. The van der Waals surface area contributed by atoms with Crippen LogP contribution in [0.1, 0.15) is 39.7 Å². The first kappa shape index (κ1) is 20.0. The molecule has 2 rings (SSSR count). The number of esters is 2. The summed E-state index contributed by atoms with van der Waals surface area (Å²) >= 11 is 0. The third-order valence-electron chi connectivity index (χ3n) is 4.07. The van der Waals surface area contributed by atoms with Crippen molar-refractivity contribution in [3.8, 4) is 11.8 Å². The topological polar surface area (TPSA) is 71.1 Å². The van der Waals surface area contributed by atoms with Gasteiger partial charge in [-0.3, -0.25) is 9.59 Å². The molecule has 1 aliphatic heterocycles. The maximum absolute atomic E-state index is 11.6. The van der Waals surface area contributed by atoms with Gasteiger partial charge in [-0.25, -0.2) is 0 Å². The molecule has 2 unspecified atom stereocenters. The number of hydrogen-bond acceptors (Lipinski definition) is 6. The van der Waals surface area contributed by atoms with Crippen LogP contribution in [0.15, 0.2) is 30.3 Å². The summed E-state index contributed by atoms with van der Waals surface area (Å²) in [7, 11) is 0. The van der Waals surface area contributed by atoms with Crippen molar-refractivity contribution in [1.29, 1.82) is 0 Å². The fraction of sp³-hybridized carbons (Fsp3) is 0.500. The lowest BCUT2D eigenvalue weighted by atomic mass is 9.92. The largest absolute Gasteiger partial charge is 0.453 e. The van der Waals surface area contributed by atoms with Crippen LogP contribution in [0.4, 0.5) is 0 Å². The van der Waals surface area contributed by atoms with E-state index < -0.39 is 36.0 Å². The molecule has 1 saturated heterocycles. The van der Waals surface area contributed by atoms with Crippen LogP contribution in [0.2, 0.25) is 0 Å². The Labute approximate surface area is 153 Å². The zero-order valence-corrected chi connectivity index (χ0v) is 15.5. The molecule has 0 bridgehead atoms. The minimum Gasteiger partial charge on any atom is -0.453 e. The van der Waals surface area contributed by atoms with Crippen molar-refractivity contribution in [3.05, 3.63) is 35.9 Å². The van der Waals surface area contributed by atoms with E-state index in [1.807, 2.05) is 37.3 Å². The fourth-order valence-electron chi connectivity index (χ4n) is 2.99. The predicted molar refractivity (Wildman–Crippen MR) is 93.7 cm³/mol. The van der Waals surface area contributed by atoms with Gasteiger partial charge >= 0.3 is 11.9 Å². The maximum Gasteiger partial charge on any atom is 0.305 e. The second-order valence-electron chi connectivity index (χ2n) is 6.00. The van der Waals surface area contributed by atoms with Crippen LogP contribution in [0.5, 0.6) is 0 Å². The molecule has 26 heavy (non-hydrogen) atoms. The molecule has 1 aromatic rings. The molecule has 0 aromatic heterocycles. The van der Waals surface area contributed by atoms with Crippen LogP contribution >= 0.6 is 0 Å². The Bertz CT molecular complexity index is 689. The van der Waals surface area contributed by atoms with E-state index in [1.165, 1.54) is 13.8 Å². The molecular formula is C20H24O6.